The van der Waals surface area contributed by atoms with E-state index in [1.54, 1.807) is 6.07 Å². The van der Waals surface area contributed by atoms with Crippen LogP contribution < -0.4 is 5.73 Å². The lowest BCUT2D eigenvalue weighted by Crippen LogP contribution is -1.91. The number of hydrogen-bond acceptors (Lipinski definition) is 4. The van der Waals surface area contributed by atoms with Crippen LogP contribution in [-0.2, 0) is 0 Å². The van der Waals surface area contributed by atoms with Gasteiger partial charge in [-0.2, -0.15) is 0 Å². The molecule has 3 aromatic rings. The van der Waals surface area contributed by atoms with E-state index >= 15 is 0 Å². The van der Waals surface area contributed by atoms with Crippen LogP contribution >= 0.6 is 11.6 Å². The summed E-state index contributed by atoms with van der Waals surface area (Å²) in [7, 11) is 0. The van der Waals surface area contributed by atoms with Gasteiger partial charge in [0.1, 0.15) is 23.5 Å². The number of benzene rings is 1. The number of nitrogens with one attached hydrogen (secondary N) is 1. The van der Waals surface area contributed by atoms with Gasteiger partial charge in [-0.3, -0.25) is 0 Å². The lowest BCUT2D eigenvalue weighted by atomic mass is 10.2. The molecule has 0 aliphatic carbocycles. The zero-order chi connectivity index (χ0) is 12.7. The van der Waals surface area contributed by atoms with Crippen LogP contribution in [0.1, 0.15) is 0 Å². The van der Waals surface area contributed by atoms with E-state index in [1.165, 1.54) is 18.5 Å². The minimum atomic E-state index is -0.476. The minimum absolute atomic E-state index is 0.0343. The van der Waals surface area contributed by atoms with Gasteiger partial charge in [-0.05, 0) is 18.2 Å². The SMILES string of the molecule is Nc1ncnc2nc(-c3ccc(F)c(Cl)c3)[nH]c12. The van der Waals surface area contributed by atoms with Crippen molar-refractivity contribution in [3.05, 3.63) is 35.4 Å². The van der Waals surface area contributed by atoms with E-state index in [4.69, 9.17) is 17.3 Å². The summed E-state index contributed by atoms with van der Waals surface area (Å²) < 4.78 is 13.1. The van der Waals surface area contributed by atoms with Crippen molar-refractivity contribution in [3.63, 3.8) is 0 Å². The Labute approximate surface area is 106 Å². The molecule has 2 aromatic heterocycles. The first-order chi connectivity index (χ1) is 8.65. The molecule has 0 aliphatic heterocycles. The third-order valence-electron chi connectivity index (χ3n) is 2.51. The monoisotopic (exact) mass is 263 g/mol. The van der Waals surface area contributed by atoms with Crippen LogP contribution in [0.15, 0.2) is 24.5 Å². The van der Waals surface area contributed by atoms with Crippen LogP contribution in [0.4, 0.5) is 10.2 Å². The number of nitrogens with two attached hydrogens (primary N) is 1. The molecule has 5 nitrogen and oxygen atoms in total. The van der Waals surface area contributed by atoms with Gasteiger partial charge in [-0.25, -0.2) is 19.3 Å². The Balaban J connectivity index is 2.19. The molecule has 0 atom stereocenters. The van der Waals surface area contributed by atoms with Crippen LogP contribution in [-0.4, -0.2) is 19.9 Å². The second-order valence-corrected chi connectivity index (χ2v) is 4.08. The molecule has 0 unspecified atom stereocenters. The van der Waals surface area contributed by atoms with Crippen molar-refractivity contribution in [1.82, 2.24) is 19.9 Å². The number of nitrogen functional groups attached to an aromatic ring is 1. The zero-order valence-electron chi connectivity index (χ0n) is 8.98. The standard InChI is InChI=1S/C11H7ClFN5/c12-6-3-5(1-2-7(6)13)10-17-8-9(14)15-4-16-11(8)18-10/h1-4H,(H3,14,15,16,17,18). The molecule has 3 rings (SSSR count). The molecule has 0 saturated carbocycles. The van der Waals surface area contributed by atoms with Crippen molar-refractivity contribution in [1.29, 1.82) is 0 Å². The first kappa shape index (κ1) is 10.9. The molecule has 0 aliphatic rings. The van der Waals surface area contributed by atoms with Crippen LogP contribution in [0.2, 0.25) is 5.02 Å². The van der Waals surface area contributed by atoms with Crippen molar-refractivity contribution in [2.75, 3.05) is 5.73 Å². The third-order valence-corrected chi connectivity index (χ3v) is 2.80. The fraction of sp³-hybridized carbons (Fsp3) is 0. The molecule has 1 aromatic carbocycles. The Kier molecular flexibility index (Phi) is 2.38. The van der Waals surface area contributed by atoms with E-state index in [-0.39, 0.29) is 5.02 Å². The lowest BCUT2D eigenvalue weighted by Gasteiger charge is -1.98. The van der Waals surface area contributed by atoms with E-state index in [2.05, 4.69) is 19.9 Å². The second kappa shape index (κ2) is 3.92. The Morgan fingerprint density at radius 1 is 1.28 bits per heavy atom. The molecule has 2 heterocycles. The Bertz CT molecular complexity index is 739. The number of imidazole rings is 1. The highest BCUT2D eigenvalue weighted by Crippen LogP contribution is 2.25. The summed E-state index contributed by atoms with van der Waals surface area (Å²) in [6.45, 7) is 0. The average molecular weight is 264 g/mol. The Hall–Kier alpha value is -2.21. The van der Waals surface area contributed by atoms with Gasteiger partial charge in [0.05, 0.1) is 5.02 Å². The van der Waals surface area contributed by atoms with Gasteiger partial charge in [0.2, 0.25) is 0 Å². The first-order valence-corrected chi connectivity index (χ1v) is 5.44. The summed E-state index contributed by atoms with van der Waals surface area (Å²) in [5.41, 5.74) is 7.35. The predicted molar refractivity (Wildman–Crippen MR) is 66.5 cm³/mol. The minimum Gasteiger partial charge on any atom is -0.382 e. The summed E-state index contributed by atoms with van der Waals surface area (Å²) in [5.74, 6) is 0.349. The van der Waals surface area contributed by atoms with E-state index in [0.29, 0.717) is 28.4 Å². The summed E-state index contributed by atoms with van der Waals surface area (Å²) in [6, 6.07) is 4.33. The normalized spacial score (nSPS) is 11.0. The fourth-order valence-corrected chi connectivity index (χ4v) is 1.81. The summed E-state index contributed by atoms with van der Waals surface area (Å²) in [5, 5.41) is 0.0343. The van der Waals surface area contributed by atoms with E-state index in [9.17, 15) is 4.39 Å². The Morgan fingerprint density at radius 2 is 2.11 bits per heavy atom. The van der Waals surface area contributed by atoms with Gasteiger partial charge in [0.15, 0.2) is 11.5 Å². The molecule has 3 N–H and O–H groups in total. The molecule has 0 amide bonds. The van der Waals surface area contributed by atoms with Crippen molar-refractivity contribution >= 4 is 28.6 Å². The highest BCUT2D eigenvalue weighted by Gasteiger charge is 2.10. The van der Waals surface area contributed by atoms with Gasteiger partial charge in [0, 0.05) is 5.56 Å². The first-order valence-electron chi connectivity index (χ1n) is 5.07. The van der Waals surface area contributed by atoms with Gasteiger partial charge < -0.3 is 10.7 Å². The second-order valence-electron chi connectivity index (χ2n) is 3.67. The molecule has 18 heavy (non-hydrogen) atoms. The van der Waals surface area contributed by atoms with E-state index in [0.717, 1.165) is 0 Å². The molecule has 0 spiro atoms. The van der Waals surface area contributed by atoms with Crippen molar-refractivity contribution < 1.29 is 4.39 Å². The smallest absolute Gasteiger partial charge is 0.183 e. The van der Waals surface area contributed by atoms with E-state index in [1.807, 2.05) is 0 Å². The van der Waals surface area contributed by atoms with E-state index < -0.39 is 5.82 Å². The number of nitrogens with zero attached hydrogens (tertiary/aromatic N) is 3. The molecule has 0 bridgehead atoms. The van der Waals surface area contributed by atoms with Crippen LogP contribution in [0.25, 0.3) is 22.6 Å². The Morgan fingerprint density at radius 3 is 2.83 bits per heavy atom. The largest absolute Gasteiger partial charge is 0.382 e. The number of aromatic amines is 1. The fourth-order valence-electron chi connectivity index (χ4n) is 1.63. The number of H-pyrrole nitrogens is 1. The molecule has 7 heteroatoms. The summed E-state index contributed by atoms with van der Waals surface area (Å²) in [4.78, 5) is 15.1. The number of rotatable bonds is 1. The van der Waals surface area contributed by atoms with Gasteiger partial charge in [-0.1, -0.05) is 11.6 Å². The number of hydrogen-bond donors (Lipinski definition) is 2. The van der Waals surface area contributed by atoms with Crippen LogP contribution in [0.5, 0.6) is 0 Å². The maximum absolute atomic E-state index is 13.1. The van der Waals surface area contributed by atoms with Gasteiger partial charge in [0.25, 0.3) is 0 Å². The van der Waals surface area contributed by atoms with Crippen molar-refractivity contribution in [3.8, 4) is 11.4 Å². The molecular weight excluding hydrogens is 257 g/mol. The predicted octanol–water partition coefficient (Wildman–Crippen LogP) is 2.39. The maximum Gasteiger partial charge on any atom is 0.183 e. The number of halogens is 2. The lowest BCUT2D eigenvalue weighted by molar-refractivity contribution is 0.628. The zero-order valence-corrected chi connectivity index (χ0v) is 9.74. The maximum atomic E-state index is 13.1. The summed E-state index contributed by atoms with van der Waals surface area (Å²) >= 11 is 5.72. The average Bonchev–Trinajstić information content (AvgIpc) is 2.78. The molecule has 0 fully saturated rings. The topological polar surface area (TPSA) is 80.5 Å². The van der Waals surface area contributed by atoms with Gasteiger partial charge in [-0.15, -0.1) is 0 Å². The molecule has 0 radical (unpaired) electrons. The number of anilines is 1. The highest BCUT2D eigenvalue weighted by atomic mass is 35.5. The third kappa shape index (κ3) is 1.67. The molecule has 0 saturated heterocycles. The number of fused-ring (bicyclic) bond motifs is 1. The number of aromatic nitrogens is 4. The molecular formula is C11H7ClFN5. The van der Waals surface area contributed by atoms with Crippen molar-refractivity contribution in [2.45, 2.75) is 0 Å². The summed E-state index contributed by atoms with van der Waals surface area (Å²) in [6.07, 6.45) is 1.33. The van der Waals surface area contributed by atoms with Gasteiger partial charge >= 0.3 is 0 Å². The van der Waals surface area contributed by atoms with Crippen LogP contribution in [0.3, 0.4) is 0 Å². The molecule has 90 valence electrons. The van der Waals surface area contributed by atoms with Crippen LogP contribution in [0, 0.1) is 5.82 Å². The van der Waals surface area contributed by atoms with Crippen molar-refractivity contribution in [2.24, 2.45) is 0 Å². The quantitative estimate of drug-likeness (QED) is 0.706. The highest BCUT2D eigenvalue weighted by molar-refractivity contribution is 6.31.